The molecular formula is C57H64Cl2N14O9S. The standard InChI is InChI=1S/C57H64Cl2N14O9S/c1-31(33-13-15-35(16-14-33)47-32(2)62-30-83-47)63-51(77)41-25-38(74)28-72(41)55(80)48(57(3,4)5)64-43(75)12-9-10-21-60-50(76)40-29-70(68-67-40)22-11-23-71-46-44(65-49(71)39-26-61-56(82-8)66-52(39)81-7)54(79)73(42-24-37(59)27-69(6)53(42)78)45(46)34-17-19-36(58)20-18-34/h13-20,24,26-27,29-31,38,41,45,48,74H,9-12,21-23,25,28H2,1-8H3,(H,60,76)(H,63,77)(H,64,75)/t31-,38+,41-,45+,48+/m0/s1. The summed E-state index contributed by atoms with van der Waals surface area (Å²) in [6, 6.07) is 13.1. The van der Waals surface area contributed by atoms with Crippen LogP contribution in [0, 0.1) is 12.3 Å². The van der Waals surface area contributed by atoms with Gasteiger partial charge in [0.25, 0.3) is 17.4 Å². The first-order valence-electron chi connectivity index (χ1n) is 26.9. The molecule has 5 aromatic heterocycles. The summed E-state index contributed by atoms with van der Waals surface area (Å²) in [4.78, 5) is 105. The molecule has 1 fully saturated rings. The van der Waals surface area contributed by atoms with Crippen LogP contribution in [-0.4, -0.2) is 129 Å². The Labute approximate surface area is 492 Å². The minimum absolute atomic E-state index is 0.0455. The SMILES string of the molecule is COc1ncc(-c2nc3c(n2CCCn2cc(C(=O)NCCCCC(=O)N[C@H](C(=O)N4C[C@H](O)C[C@H]4C(=O)N[C@@H](C)c4ccc(-c5scnc5C)cc4)C(C)(C)C)nn2)[C@@H](c2ccc(Cl)cc2)N(c2cc(Cl)cn(C)c2=O)C3=O)c(OC)n1. The molecule has 0 saturated carbocycles. The Morgan fingerprint density at radius 3 is 2.35 bits per heavy atom. The number of amides is 5. The Hall–Kier alpha value is -8.06. The van der Waals surface area contributed by atoms with Crippen molar-refractivity contribution < 1.29 is 38.6 Å². The molecule has 9 rings (SSSR count). The van der Waals surface area contributed by atoms with Crippen molar-refractivity contribution in [1.82, 2.24) is 64.9 Å². The summed E-state index contributed by atoms with van der Waals surface area (Å²) in [5.41, 5.74) is 5.10. The second-order valence-corrected chi connectivity index (χ2v) is 23.2. The van der Waals surface area contributed by atoms with Gasteiger partial charge in [-0.05, 0) is 73.4 Å². The number of β-amino-alcohol motifs (C(OH)–C–C–N with tert-alkyl or cyclic N) is 1. The number of hydrogen-bond acceptors (Lipinski definition) is 16. The smallest absolute Gasteiger partial charge is 0.319 e. The summed E-state index contributed by atoms with van der Waals surface area (Å²) in [6.45, 7) is 9.95. The molecule has 2 aliphatic heterocycles. The van der Waals surface area contributed by atoms with Crippen LogP contribution in [0.15, 0.2) is 83.5 Å². The number of pyridine rings is 1. The molecule has 5 amide bonds. The number of aromatic nitrogens is 9. The first kappa shape index (κ1) is 59.6. The predicted molar refractivity (Wildman–Crippen MR) is 310 cm³/mol. The van der Waals surface area contributed by atoms with E-state index >= 15 is 0 Å². The number of aliphatic hydroxyl groups is 1. The molecule has 2 aromatic carbocycles. The maximum atomic E-state index is 14.7. The minimum Gasteiger partial charge on any atom is -0.480 e. The number of aryl methyl sites for hydroxylation is 3. The van der Waals surface area contributed by atoms with Crippen molar-refractivity contribution in [3.8, 4) is 33.7 Å². The van der Waals surface area contributed by atoms with E-state index in [2.05, 4.69) is 41.2 Å². The van der Waals surface area contributed by atoms with Crippen molar-refractivity contribution in [3.63, 3.8) is 0 Å². The Bertz CT molecular complexity index is 3620. The van der Waals surface area contributed by atoms with Crippen molar-refractivity contribution in [1.29, 1.82) is 0 Å². The monoisotopic (exact) mass is 1190 g/mol. The number of benzene rings is 2. The normalized spacial score (nSPS) is 16.6. The fraction of sp³-hybridized carbons (Fsp3) is 0.404. The van der Waals surface area contributed by atoms with Crippen LogP contribution in [0.1, 0.15) is 115 Å². The molecule has 26 heteroatoms. The van der Waals surface area contributed by atoms with E-state index in [1.807, 2.05) is 63.5 Å². The maximum Gasteiger partial charge on any atom is 0.319 e. The van der Waals surface area contributed by atoms with E-state index in [0.29, 0.717) is 46.9 Å². The molecule has 83 heavy (non-hydrogen) atoms. The van der Waals surface area contributed by atoms with Crippen LogP contribution in [0.2, 0.25) is 10.0 Å². The van der Waals surface area contributed by atoms with Crippen LogP contribution >= 0.6 is 34.5 Å². The summed E-state index contributed by atoms with van der Waals surface area (Å²) in [6.07, 6.45) is 4.85. The van der Waals surface area contributed by atoms with Gasteiger partial charge in [0.1, 0.15) is 29.6 Å². The lowest BCUT2D eigenvalue weighted by molar-refractivity contribution is -0.144. The van der Waals surface area contributed by atoms with Crippen LogP contribution in [-0.2, 0) is 34.5 Å². The summed E-state index contributed by atoms with van der Waals surface area (Å²) < 4.78 is 15.6. The molecule has 0 aliphatic carbocycles. The first-order valence-corrected chi connectivity index (χ1v) is 28.6. The van der Waals surface area contributed by atoms with Crippen molar-refractivity contribution >= 4 is 69.8 Å². The number of unbranched alkanes of at least 4 members (excludes halogenated alkanes) is 1. The highest BCUT2D eigenvalue weighted by atomic mass is 35.5. The van der Waals surface area contributed by atoms with E-state index < -0.39 is 58.8 Å². The van der Waals surface area contributed by atoms with Gasteiger partial charge in [-0.2, -0.15) is 4.98 Å². The van der Waals surface area contributed by atoms with Crippen LogP contribution in [0.3, 0.4) is 0 Å². The molecule has 0 bridgehead atoms. The zero-order valence-electron chi connectivity index (χ0n) is 47.1. The second kappa shape index (κ2) is 25.2. The number of likely N-dealkylation sites (tertiary alicyclic amines) is 1. The molecule has 436 valence electrons. The van der Waals surface area contributed by atoms with Crippen molar-refractivity contribution in [2.75, 3.05) is 32.2 Å². The molecule has 2 aliphatic rings. The number of anilines is 1. The van der Waals surface area contributed by atoms with E-state index in [4.69, 9.17) is 37.7 Å². The molecule has 7 aromatic rings. The predicted octanol–water partition coefficient (Wildman–Crippen LogP) is 6.50. The molecule has 0 spiro atoms. The highest BCUT2D eigenvalue weighted by Gasteiger charge is 2.47. The highest BCUT2D eigenvalue weighted by molar-refractivity contribution is 7.13. The third-order valence-corrected chi connectivity index (χ3v) is 16.0. The summed E-state index contributed by atoms with van der Waals surface area (Å²) >= 11 is 14.4. The lowest BCUT2D eigenvalue weighted by Gasteiger charge is -2.35. The summed E-state index contributed by atoms with van der Waals surface area (Å²) in [7, 11) is 4.41. The number of thiazole rings is 1. The molecule has 0 unspecified atom stereocenters. The number of imidazole rings is 1. The molecule has 1 saturated heterocycles. The van der Waals surface area contributed by atoms with Gasteiger partial charge < -0.3 is 44.6 Å². The number of carbonyl (C=O) groups excluding carboxylic acids is 5. The Balaban J connectivity index is 0.809. The van der Waals surface area contributed by atoms with Gasteiger partial charge in [-0.1, -0.05) is 85.6 Å². The zero-order valence-corrected chi connectivity index (χ0v) is 49.4. The minimum atomic E-state index is -0.996. The number of fused-ring (bicyclic) bond motifs is 1. The van der Waals surface area contributed by atoms with Crippen LogP contribution in [0.5, 0.6) is 11.9 Å². The summed E-state index contributed by atoms with van der Waals surface area (Å²) in [5, 5.41) is 28.5. The van der Waals surface area contributed by atoms with E-state index in [1.54, 1.807) is 48.2 Å². The average molecular weight is 1190 g/mol. The van der Waals surface area contributed by atoms with Crippen molar-refractivity contribution in [2.24, 2.45) is 12.5 Å². The fourth-order valence-electron chi connectivity index (χ4n) is 10.3. The number of hydrogen-bond donors (Lipinski definition) is 4. The zero-order chi connectivity index (χ0) is 59.4. The largest absolute Gasteiger partial charge is 0.480 e. The van der Waals surface area contributed by atoms with Gasteiger partial charge in [-0.25, -0.2) is 15.0 Å². The summed E-state index contributed by atoms with van der Waals surface area (Å²) in [5.74, 6) is -1.82. The molecule has 7 heterocycles. The van der Waals surface area contributed by atoms with E-state index in [-0.39, 0.29) is 85.0 Å². The van der Waals surface area contributed by atoms with E-state index in [0.717, 1.165) is 21.7 Å². The van der Waals surface area contributed by atoms with E-state index in [1.165, 1.54) is 57.9 Å². The molecular weight excluding hydrogens is 1130 g/mol. The molecule has 0 radical (unpaired) electrons. The Morgan fingerprint density at radius 2 is 1.66 bits per heavy atom. The van der Waals surface area contributed by atoms with Crippen LogP contribution in [0.25, 0.3) is 21.8 Å². The average Bonchev–Trinajstić information content (AvgIpc) is 2.06. The highest BCUT2D eigenvalue weighted by Crippen LogP contribution is 2.44. The van der Waals surface area contributed by atoms with Crippen LogP contribution in [0.4, 0.5) is 5.69 Å². The van der Waals surface area contributed by atoms with Gasteiger partial charge in [0.05, 0.1) is 64.9 Å². The Kier molecular flexibility index (Phi) is 18.1. The maximum absolute atomic E-state index is 14.7. The number of halogens is 2. The van der Waals surface area contributed by atoms with Gasteiger partial charge in [0, 0.05) is 63.5 Å². The number of rotatable bonds is 21. The number of carbonyl (C=O) groups is 5. The second-order valence-electron chi connectivity index (χ2n) is 21.5. The fourth-order valence-corrected chi connectivity index (χ4v) is 11.5. The van der Waals surface area contributed by atoms with E-state index in [9.17, 15) is 33.9 Å². The number of ether oxygens (including phenoxy) is 2. The van der Waals surface area contributed by atoms with Crippen molar-refractivity contribution in [3.05, 3.63) is 133 Å². The number of aliphatic hydroxyl groups excluding tert-OH is 1. The number of methoxy groups -OCH3 is 2. The Morgan fingerprint density at radius 1 is 0.916 bits per heavy atom. The van der Waals surface area contributed by atoms with Gasteiger partial charge in [0.15, 0.2) is 11.4 Å². The third-order valence-electron chi connectivity index (χ3n) is 14.6. The van der Waals surface area contributed by atoms with Crippen molar-refractivity contribution in [2.45, 2.75) is 110 Å². The topological polar surface area (TPSA) is 276 Å². The van der Waals surface area contributed by atoms with Gasteiger partial charge in [-0.15, -0.1) is 16.4 Å². The van der Waals surface area contributed by atoms with Crippen LogP contribution < -0.4 is 35.9 Å². The number of nitrogens with one attached hydrogen (secondary N) is 3. The lowest BCUT2D eigenvalue weighted by atomic mass is 9.85. The van der Waals surface area contributed by atoms with Gasteiger partial charge in [-0.3, -0.25) is 38.3 Å². The lowest BCUT2D eigenvalue weighted by Crippen LogP contribution is -2.57. The quantitative estimate of drug-likeness (QED) is 0.0560. The molecule has 23 nitrogen and oxygen atoms in total. The van der Waals surface area contributed by atoms with Gasteiger partial charge in [0.2, 0.25) is 23.6 Å². The van der Waals surface area contributed by atoms with Gasteiger partial charge >= 0.3 is 6.01 Å². The molecule has 4 N–H and O–H groups in total. The number of nitrogens with zero attached hydrogens (tertiary/aromatic N) is 11. The molecule has 5 atom stereocenters. The third kappa shape index (κ3) is 12.9. The first-order chi connectivity index (χ1) is 39.6.